The van der Waals surface area contributed by atoms with Gasteiger partial charge in [0.2, 0.25) is 0 Å². The van der Waals surface area contributed by atoms with Gasteiger partial charge in [0.15, 0.2) is 6.61 Å². The van der Waals surface area contributed by atoms with Crippen LogP contribution in [0.2, 0.25) is 0 Å². The van der Waals surface area contributed by atoms with Gasteiger partial charge in [0.1, 0.15) is 17.4 Å². The van der Waals surface area contributed by atoms with Crippen LogP contribution in [-0.4, -0.2) is 29.8 Å². The van der Waals surface area contributed by atoms with Crippen LogP contribution in [0.1, 0.15) is 50.4 Å². The van der Waals surface area contributed by atoms with Crippen LogP contribution in [0.3, 0.4) is 0 Å². The van der Waals surface area contributed by atoms with Gasteiger partial charge in [0, 0.05) is 3.57 Å². The lowest BCUT2D eigenvalue weighted by Gasteiger charge is -2.36. The molecule has 0 aliphatic heterocycles. The van der Waals surface area contributed by atoms with Gasteiger partial charge in [-0.2, -0.15) is 0 Å². The monoisotopic (exact) mass is 460 g/mol. The number of halogens is 1. The Morgan fingerprint density at radius 2 is 2.04 bits per heavy atom. The number of carbonyl (C=O) groups excluding carboxylic acids is 2. The van der Waals surface area contributed by atoms with Crippen LogP contribution >= 0.6 is 22.6 Å². The first-order chi connectivity index (χ1) is 11.8. The van der Waals surface area contributed by atoms with Crippen LogP contribution in [0.4, 0.5) is 0 Å². The van der Waals surface area contributed by atoms with Gasteiger partial charge in [0.25, 0.3) is 0 Å². The molecule has 1 aromatic carbocycles. The smallest absolute Gasteiger partial charge is 0.344 e. The molecule has 1 aliphatic rings. The molecule has 0 heterocycles. The molecule has 0 bridgehead atoms. The van der Waals surface area contributed by atoms with Crippen LogP contribution in [0.15, 0.2) is 18.2 Å². The third kappa shape index (κ3) is 5.59. The van der Waals surface area contributed by atoms with Crippen molar-refractivity contribution in [3.8, 4) is 5.75 Å². The second kappa shape index (κ2) is 8.87. The maximum atomic E-state index is 12.1. The molecule has 25 heavy (non-hydrogen) atoms. The highest BCUT2D eigenvalue weighted by Crippen LogP contribution is 2.35. The van der Waals surface area contributed by atoms with Crippen molar-refractivity contribution in [2.45, 2.75) is 46.1 Å². The summed E-state index contributed by atoms with van der Waals surface area (Å²) in [7, 11) is 0. The minimum atomic E-state index is -0.731. The molecule has 5 nitrogen and oxygen atoms in total. The maximum Gasteiger partial charge on any atom is 0.344 e. The predicted octanol–water partition coefficient (Wildman–Crippen LogP) is 4.16. The molecule has 138 valence electrons. The van der Waals surface area contributed by atoms with E-state index in [-0.39, 0.29) is 17.4 Å². The fourth-order valence-electron chi connectivity index (χ4n) is 3.33. The summed E-state index contributed by atoms with van der Waals surface area (Å²) in [5.74, 6) is -0.126. The number of esters is 2. The second-order valence-electron chi connectivity index (χ2n) is 7.09. The molecule has 6 heteroatoms. The zero-order valence-electron chi connectivity index (χ0n) is 14.8. The Balaban J connectivity index is 1.91. The van der Waals surface area contributed by atoms with Crippen molar-refractivity contribution in [3.05, 3.63) is 27.3 Å². The summed E-state index contributed by atoms with van der Waals surface area (Å²) >= 11 is 2.03. The van der Waals surface area contributed by atoms with Crippen LogP contribution in [-0.2, 0) is 14.3 Å². The Morgan fingerprint density at radius 3 is 2.72 bits per heavy atom. The van der Waals surface area contributed by atoms with Gasteiger partial charge in [-0.3, -0.25) is 0 Å². The largest absolute Gasteiger partial charge is 0.507 e. The average molecular weight is 460 g/mol. The number of ether oxygens (including phenoxy) is 2. The molecular weight excluding hydrogens is 435 g/mol. The maximum absolute atomic E-state index is 12.1. The van der Waals surface area contributed by atoms with Gasteiger partial charge in [-0.15, -0.1) is 0 Å². The van der Waals surface area contributed by atoms with Crippen molar-refractivity contribution in [1.82, 2.24) is 0 Å². The summed E-state index contributed by atoms with van der Waals surface area (Å²) < 4.78 is 11.4. The van der Waals surface area contributed by atoms with E-state index in [9.17, 15) is 14.7 Å². The summed E-state index contributed by atoms with van der Waals surface area (Å²) in [5.41, 5.74) is 0.0473. The van der Waals surface area contributed by atoms with Crippen LogP contribution in [0.25, 0.3) is 0 Å². The molecule has 3 atom stereocenters. The number of aromatic hydroxyl groups is 1. The van der Waals surface area contributed by atoms with Crippen molar-refractivity contribution in [2.75, 3.05) is 6.61 Å². The standard InChI is InChI=1S/C19H25IO5/c1-11(2)14-6-4-12(3)8-17(14)25-18(22)10-24-19(23)15-9-13(20)5-7-16(15)21/h5,7,9,11-12,14,17,21H,4,6,8,10H2,1-3H3. The van der Waals surface area contributed by atoms with E-state index in [0.717, 1.165) is 22.8 Å². The molecule has 1 aromatic rings. The average Bonchev–Trinajstić information content (AvgIpc) is 2.54. The lowest BCUT2D eigenvalue weighted by Crippen LogP contribution is -2.36. The molecule has 0 amide bonds. The summed E-state index contributed by atoms with van der Waals surface area (Å²) in [6.07, 6.45) is 2.92. The number of hydrogen-bond donors (Lipinski definition) is 1. The Bertz CT molecular complexity index is 628. The van der Waals surface area contributed by atoms with E-state index in [1.807, 2.05) is 22.6 Å². The number of phenolic OH excluding ortho intramolecular Hbond substituents is 1. The van der Waals surface area contributed by atoms with Crippen molar-refractivity contribution in [1.29, 1.82) is 0 Å². The van der Waals surface area contributed by atoms with E-state index >= 15 is 0 Å². The van der Waals surface area contributed by atoms with Gasteiger partial charge in [0.05, 0.1) is 0 Å². The van der Waals surface area contributed by atoms with E-state index in [2.05, 4.69) is 20.8 Å². The van der Waals surface area contributed by atoms with Crippen molar-refractivity contribution >= 4 is 34.5 Å². The summed E-state index contributed by atoms with van der Waals surface area (Å²) in [4.78, 5) is 24.2. The first kappa shape index (κ1) is 20.0. The quantitative estimate of drug-likeness (QED) is 0.528. The molecular formula is C19H25IO5. The normalized spacial score (nSPS) is 23.3. The van der Waals surface area contributed by atoms with Gasteiger partial charge in [-0.25, -0.2) is 9.59 Å². The molecule has 3 unspecified atom stereocenters. The molecule has 0 saturated heterocycles. The Labute approximate surface area is 162 Å². The minimum Gasteiger partial charge on any atom is -0.507 e. The second-order valence-corrected chi connectivity index (χ2v) is 8.34. The summed E-state index contributed by atoms with van der Waals surface area (Å²) in [5, 5.41) is 9.74. The fourth-order valence-corrected chi connectivity index (χ4v) is 3.82. The predicted molar refractivity (Wildman–Crippen MR) is 102 cm³/mol. The van der Waals surface area contributed by atoms with Gasteiger partial charge < -0.3 is 14.6 Å². The van der Waals surface area contributed by atoms with E-state index < -0.39 is 18.5 Å². The zero-order chi connectivity index (χ0) is 18.6. The number of carbonyl (C=O) groups is 2. The summed E-state index contributed by atoms with van der Waals surface area (Å²) in [6, 6.07) is 4.62. The van der Waals surface area contributed by atoms with Crippen molar-refractivity contribution in [3.63, 3.8) is 0 Å². The van der Waals surface area contributed by atoms with Gasteiger partial charge >= 0.3 is 11.9 Å². The van der Waals surface area contributed by atoms with Gasteiger partial charge in [-0.1, -0.05) is 27.2 Å². The zero-order valence-corrected chi connectivity index (χ0v) is 17.0. The van der Waals surface area contributed by atoms with Gasteiger partial charge in [-0.05, 0) is 71.4 Å². The van der Waals surface area contributed by atoms with E-state index in [0.29, 0.717) is 17.8 Å². The molecule has 1 N–H and O–H groups in total. The molecule has 2 rings (SSSR count). The first-order valence-electron chi connectivity index (χ1n) is 8.63. The molecule has 1 aliphatic carbocycles. The van der Waals surface area contributed by atoms with E-state index in [1.54, 1.807) is 6.07 Å². The van der Waals surface area contributed by atoms with E-state index in [1.165, 1.54) is 12.1 Å². The molecule has 1 fully saturated rings. The first-order valence-corrected chi connectivity index (χ1v) is 9.71. The molecule has 0 radical (unpaired) electrons. The lowest BCUT2D eigenvalue weighted by atomic mass is 9.75. The summed E-state index contributed by atoms with van der Waals surface area (Å²) in [6.45, 7) is 6.00. The Hall–Kier alpha value is -1.31. The number of rotatable bonds is 5. The van der Waals surface area contributed by atoms with Crippen molar-refractivity contribution in [2.24, 2.45) is 17.8 Å². The minimum absolute atomic E-state index is 0.0473. The third-order valence-electron chi connectivity index (χ3n) is 4.74. The highest BCUT2D eigenvalue weighted by atomic mass is 127. The Kier molecular flexibility index (Phi) is 7.10. The number of benzene rings is 1. The van der Waals surface area contributed by atoms with Crippen LogP contribution < -0.4 is 0 Å². The highest BCUT2D eigenvalue weighted by Gasteiger charge is 2.33. The van der Waals surface area contributed by atoms with Crippen molar-refractivity contribution < 1.29 is 24.2 Å². The Morgan fingerprint density at radius 1 is 1.32 bits per heavy atom. The van der Waals surface area contributed by atoms with Crippen LogP contribution in [0.5, 0.6) is 5.75 Å². The number of phenols is 1. The lowest BCUT2D eigenvalue weighted by molar-refractivity contribution is -0.159. The molecule has 0 spiro atoms. The topological polar surface area (TPSA) is 72.8 Å². The fraction of sp³-hybridized carbons (Fsp3) is 0.579. The number of hydrogen-bond acceptors (Lipinski definition) is 5. The van der Waals surface area contributed by atoms with Crippen LogP contribution in [0, 0.1) is 21.3 Å². The SMILES string of the molecule is CC1CCC(C(C)C)C(OC(=O)COC(=O)c2cc(I)ccc2O)C1. The third-order valence-corrected chi connectivity index (χ3v) is 5.41. The molecule has 0 aromatic heterocycles. The molecule has 1 saturated carbocycles. The van der Waals surface area contributed by atoms with E-state index in [4.69, 9.17) is 9.47 Å². The highest BCUT2D eigenvalue weighted by molar-refractivity contribution is 14.1.